The highest BCUT2D eigenvalue weighted by atomic mass is 16.5. The SMILES string of the molecule is CC1(C)CNc2cc(NC(=O)c3cccnc3NC3CCN(Cc4ccccc4)CC3)ccc21.CC1(C)CNc2cc(NC(=O)c3cccnc3Nc3ccc(Oc4ccccc4)cc3)ccc21.O=C(Nc1ccc(Oc2ccccc2)cc1)c1cccnc1Nc1ccc(Oc2ccccc2)cc1. The van der Waals surface area contributed by atoms with Crippen molar-refractivity contribution < 1.29 is 28.6 Å². The molecule has 8 N–H and O–H groups in total. The normalized spacial score (nSPS) is 13.7. The van der Waals surface area contributed by atoms with Gasteiger partial charge in [0.05, 0.1) is 16.7 Å². The van der Waals surface area contributed by atoms with Crippen LogP contribution in [0.4, 0.5) is 57.3 Å². The number of rotatable bonds is 20. The van der Waals surface area contributed by atoms with Gasteiger partial charge in [-0.1, -0.05) is 125 Å². The summed E-state index contributed by atoms with van der Waals surface area (Å²) in [5.41, 5.74) is 11.5. The number of anilines is 10. The number of ether oxygens (including phenoxy) is 3. The van der Waals surface area contributed by atoms with Gasteiger partial charge in [-0.05, 0) is 199 Å². The van der Waals surface area contributed by atoms with E-state index < -0.39 is 0 Å². The molecule has 12 aromatic rings. The van der Waals surface area contributed by atoms with Crippen LogP contribution in [0.1, 0.15) is 88.3 Å². The highest BCUT2D eigenvalue weighted by Gasteiger charge is 2.31. The van der Waals surface area contributed by atoms with Crippen LogP contribution in [0, 0.1) is 0 Å². The smallest absolute Gasteiger partial charge is 0.259 e. The number of hydrogen-bond acceptors (Lipinski definition) is 15. The maximum Gasteiger partial charge on any atom is 0.259 e. The third kappa shape index (κ3) is 18.4. The third-order valence-corrected chi connectivity index (χ3v) is 18.1. The summed E-state index contributed by atoms with van der Waals surface area (Å²) in [5.74, 6) is 5.36. The van der Waals surface area contributed by atoms with Gasteiger partial charge in [-0.15, -0.1) is 0 Å². The van der Waals surface area contributed by atoms with Crippen LogP contribution in [0.15, 0.2) is 286 Å². The molecule has 0 radical (unpaired) electrons. The Bertz CT molecular complexity index is 4870. The molecule has 104 heavy (non-hydrogen) atoms. The number of benzene rings is 9. The molecular weight excluding hydrogens is 1300 g/mol. The zero-order valence-corrected chi connectivity index (χ0v) is 58.4. The fourth-order valence-corrected chi connectivity index (χ4v) is 12.5. The molecule has 3 aromatic heterocycles. The minimum Gasteiger partial charge on any atom is -0.457 e. The quantitative estimate of drug-likeness (QED) is 0.0356. The minimum atomic E-state index is -0.272. The van der Waals surface area contributed by atoms with E-state index in [0.29, 0.717) is 57.4 Å². The molecule has 18 nitrogen and oxygen atoms in total. The molecular formula is C86H82N12O6. The van der Waals surface area contributed by atoms with Crippen molar-refractivity contribution in [3.05, 3.63) is 319 Å². The standard InChI is InChI=1S/C30H23N3O3.C28H33N5O.C28H26N4O2/c34-30(33-23-15-19-27(20-16-23)36-25-10-5-2-6-11-25)28-12-7-21-31-29(28)32-22-13-17-26(18-14-22)35-24-8-3-1-4-9-24;1-28(2)19-30-25-17-22(10-11-24(25)28)32-27(34)23-9-6-14-29-26(23)31-21-12-15-33(16-13-21)18-20-7-4-3-5-8-20;1-28(2)18-30-25-17-20(12-15-24(25)28)32-27(33)23-9-6-16-29-26(23)31-19-10-13-22(14-11-19)34-21-7-4-3-5-8-21/h1-21H,(H,31,32)(H,33,34);3-11,14,17,21,30H,12-13,15-16,18-19H2,1-2H3,(H,29,31)(H,32,34);3-17,30H,18H2,1-2H3,(H,29,31)(H,32,33). The number of carbonyl (C=O) groups excluding carboxylic acids is 3. The lowest BCUT2D eigenvalue weighted by Crippen LogP contribution is -2.39. The summed E-state index contributed by atoms with van der Waals surface area (Å²) in [6.07, 6.45) is 7.09. The molecule has 0 bridgehead atoms. The van der Waals surface area contributed by atoms with E-state index in [1.165, 1.54) is 16.7 Å². The van der Waals surface area contributed by atoms with Crippen LogP contribution in [0.5, 0.6) is 34.5 Å². The van der Waals surface area contributed by atoms with Crippen LogP contribution < -0.4 is 56.7 Å². The van der Waals surface area contributed by atoms with Gasteiger partial charge < -0.3 is 56.7 Å². The van der Waals surface area contributed by atoms with E-state index in [1.807, 2.05) is 188 Å². The van der Waals surface area contributed by atoms with Crippen LogP contribution in [-0.2, 0) is 17.4 Å². The number of pyridine rings is 3. The second-order valence-corrected chi connectivity index (χ2v) is 26.8. The van der Waals surface area contributed by atoms with Gasteiger partial charge >= 0.3 is 0 Å². The van der Waals surface area contributed by atoms with E-state index in [2.05, 4.69) is 133 Å². The molecule has 0 spiro atoms. The van der Waals surface area contributed by atoms with Gasteiger partial charge in [-0.25, -0.2) is 15.0 Å². The lowest BCUT2D eigenvalue weighted by molar-refractivity contribution is 0.101. The van der Waals surface area contributed by atoms with E-state index in [0.717, 1.165) is 103 Å². The molecule has 3 aliphatic heterocycles. The van der Waals surface area contributed by atoms with Crippen LogP contribution >= 0.6 is 0 Å². The molecule has 9 aromatic carbocycles. The fourth-order valence-electron chi connectivity index (χ4n) is 12.5. The molecule has 0 atom stereocenters. The van der Waals surface area contributed by atoms with Crippen molar-refractivity contribution >= 4 is 75.0 Å². The zero-order valence-electron chi connectivity index (χ0n) is 58.4. The first kappa shape index (κ1) is 69.7. The molecule has 18 heteroatoms. The molecule has 1 fully saturated rings. The predicted molar refractivity (Wildman–Crippen MR) is 416 cm³/mol. The Balaban J connectivity index is 0.000000139. The maximum absolute atomic E-state index is 13.1. The average Bonchev–Trinajstić information content (AvgIpc) is 1.64. The molecule has 522 valence electrons. The molecule has 0 unspecified atom stereocenters. The highest BCUT2D eigenvalue weighted by Crippen LogP contribution is 2.40. The molecule has 1 saturated heterocycles. The topological polar surface area (TPSA) is 217 Å². The van der Waals surface area contributed by atoms with Crippen molar-refractivity contribution in [1.82, 2.24) is 19.9 Å². The van der Waals surface area contributed by atoms with E-state index in [4.69, 9.17) is 14.2 Å². The van der Waals surface area contributed by atoms with E-state index >= 15 is 0 Å². The molecule has 0 saturated carbocycles. The number of nitrogens with one attached hydrogen (secondary N) is 8. The summed E-state index contributed by atoms with van der Waals surface area (Å²) in [6.45, 7) is 13.7. The summed E-state index contributed by atoms with van der Waals surface area (Å²) in [6, 6.07) is 84.6. The van der Waals surface area contributed by atoms with Crippen molar-refractivity contribution in [3.63, 3.8) is 0 Å². The predicted octanol–water partition coefficient (Wildman–Crippen LogP) is 19.3. The van der Waals surface area contributed by atoms with Crippen LogP contribution in [-0.4, -0.2) is 69.8 Å². The van der Waals surface area contributed by atoms with Crippen molar-refractivity contribution in [3.8, 4) is 34.5 Å². The van der Waals surface area contributed by atoms with Crippen molar-refractivity contribution in [2.45, 2.75) is 64.0 Å². The van der Waals surface area contributed by atoms with E-state index in [1.54, 1.807) is 55.0 Å². The Morgan fingerprint density at radius 1 is 0.394 bits per heavy atom. The minimum absolute atomic E-state index is 0.0833. The Hall–Kier alpha value is -12.8. The van der Waals surface area contributed by atoms with Crippen molar-refractivity contribution in [2.75, 3.05) is 68.7 Å². The number of hydrogen-bond donors (Lipinski definition) is 8. The molecule has 3 amide bonds. The second kappa shape index (κ2) is 32.7. The summed E-state index contributed by atoms with van der Waals surface area (Å²) in [4.78, 5) is 55.0. The summed E-state index contributed by atoms with van der Waals surface area (Å²) in [5, 5.41) is 25.9. The molecule has 15 rings (SSSR count). The first-order valence-electron chi connectivity index (χ1n) is 34.8. The number of piperidine rings is 1. The number of fused-ring (bicyclic) bond motifs is 2. The number of aromatic nitrogens is 3. The third-order valence-electron chi connectivity index (χ3n) is 18.1. The molecule has 6 heterocycles. The van der Waals surface area contributed by atoms with Crippen molar-refractivity contribution in [1.29, 1.82) is 0 Å². The number of likely N-dealkylation sites (tertiary alicyclic amines) is 1. The largest absolute Gasteiger partial charge is 0.457 e. The number of amides is 3. The van der Waals surface area contributed by atoms with Gasteiger partial charge in [0.2, 0.25) is 0 Å². The monoisotopic (exact) mass is 1380 g/mol. The summed E-state index contributed by atoms with van der Waals surface area (Å²) < 4.78 is 17.5. The molecule has 3 aliphatic rings. The average molecular weight is 1380 g/mol. The number of carbonyl (C=O) groups is 3. The number of para-hydroxylation sites is 3. The van der Waals surface area contributed by atoms with Crippen LogP contribution in [0.2, 0.25) is 0 Å². The van der Waals surface area contributed by atoms with Gasteiger partial charge in [0.25, 0.3) is 17.7 Å². The van der Waals surface area contributed by atoms with Gasteiger partial charge in [-0.2, -0.15) is 0 Å². The van der Waals surface area contributed by atoms with Gasteiger partial charge in [-0.3, -0.25) is 19.3 Å². The van der Waals surface area contributed by atoms with Gasteiger partial charge in [0.1, 0.15) is 52.0 Å². The Morgan fingerprint density at radius 2 is 0.731 bits per heavy atom. The second-order valence-electron chi connectivity index (χ2n) is 26.8. The molecule has 0 aliphatic carbocycles. The maximum atomic E-state index is 13.1. The van der Waals surface area contributed by atoms with Crippen LogP contribution in [0.3, 0.4) is 0 Å². The zero-order chi connectivity index (χ0) is 71.7. The first-order valence-corrected chi connectivity index (χ1v) is 34.8. The summed E-state index contributed by atoms with van der Waals surface area (Å²) >= 11 is 0. The lowest BCUT2D eigenvalue weighted by atomic mass is 9.87. The van der Waals surface area contributed by atoms with E-state index in [9.17, 15) is 14.4 Å². The fraction of sp³-hybridized carbons (Fsp3) is 0.163. The lowest BCUT2D eigenvalue weighted by Gasteiger charge is -2.32. The Kier molecular flexibility index (Phi) is 21.9. The Labute approximate surface area is 606 Å². The van der Waals surface area contributed by atoms with Crippen LogP contribution in [0.25, 0.3) is 0 Å². The number of nitrogens with zero attached hydrogens (tertiary/aromatic N) is 4. The first-order chi connectivity index (χ1) is 50.7. The summed E-state index contributed by atoms with van der Waals surface area (Å²) in [7, 11) is 0. The Morgan fingerprint density at radius 3 is 1.13 bits per heavy atom. The van der Waals surface area contributed by atoms with E-state index in [-0.39, 0.29) is 28.6 Å². The van der Waals surface area contributed by atoms with Gasteiger partial charge in [0, 0.05) is 108 Å². The highest BCUT2D eigenvalue weighted by molar-refractivity contribution is 6.09. The van der Waals surface area contributed by atoms with Crippen molar-refractivity contribution in [2.24, 2.45) is 0 Å². The van der Waals surface area contributed by atoms with Gasteiger partial charge in [0.15, 0.2) is 0 Å².